The van der Waals surface area contributed by atoms with E-state index in [0.717, 1.165) is 11.5 Å². The lowest BCUT2D eigenvalue weighted by Crippen LogP contribution is -2.18. The predicted molar refractivity (Wildman–Crippen MR) is 82.7 cm³/mol. The molecule has 0 saturated carbocycles. The molecule has 0 atom stereocenters. The summed E-state index contributed by atoms with van der Waals surface area (Å²) in [4.78, 5) is 0. The molecule has 2 aromatic rings. The maximum Gasteiger partial charge on any atom is 0.119 e. The summed E-state index contributed by atoms with van der Waals surface area (Å²) >= 11 is 0. The molecule has 0 N–H and O–H groups in total. The van der Waals surface area contributed by atoms with E-state index in [2.05, 4.69) is 38.1 Å². The third-order valence-electron chi connectivity index (χ3n) is 3.70. The minimum Gasteiger partial charge on any atom is -0.497 e. The summed E-state index contributed by atoms with van der Waals surface area (Å²) in [7, 11) is 1.69. The van der Waals surface area contributed by atoms with Crippen LogP contribution < -0.4 is 9.47 Å². The summed E-state index contributed by atoms with van der Waals surface area (Å²) in [5.74, 6) is 1.80. The van der Waals surface area contributed by atoms with Crippen LogP contribution in [0.1, 0.15) is 31.9 Å². The van der Waals surface area contributed by atoms with E-state index in [1.54, 1.807) is 7.11 Å². The molecular weight excluding hydrogens is 248 g/mol. The fourth-order valence-electron chi connectivity index (χ4n) is 2.31. The summed E-state index contributed by atoms with van der Waals surface area (Å²) in [5, 5.41) is 0. The SMILES string of the molecule is CCOc1ccc(C(C)(C)c2ccc(OC)cc2)cc1. The van der Waals surface area contributed by atoms with Crippen molar-refractivity contribution >= 4 is 0 Å². The molecule has 0 aliphatic heterocycles. The minimum absolute atomic E-state index is 0.0446. The van der Waals surface area contributed by atoms with Gasteiger partial charge in [-0.3, -0.25) is 0 Å². The van der Waals surface area contributed by atoms with Gasteiger partial charge in [0, 0.05) is 5.41 Å². The van der Waals surface area contributed by atoms with Crippen molar-refractivity contribution in [2.75, 3.05) is 13.7 Å². The maximum absolute atomic E-state index is 5.49. The van der Waals surface area contributed by atoms with Crippen molar-refractivity contribution in [3.8, 4) is 11.5 Å². The second-order valence-electron chi connectivity index (χ2n) is 5.31. The van der Waals surface area contributed by atoms with E-state index in [1.165, 1.54) is 11.1 Å². The molecule has 0 heterocycles. The molecule has 2 nitrogen and oxygen atoms in total. The zero-order chi connectivity index (χ0) is 14.6. The molecule has 0 aliphatic carbocycles. The van der Waals surface area contributed by atoms with E-state index in [-0.39, 0.29) is 5.41 Å². The number of hydrogen-bond acceptors (Lipinski definition) is 2. The van der Waals surface area contributed by atoms with Gasteiger partial charge >= 0.3 is 0 Å². The Morgan fingerprint density at radius 2 is 1.25 bits per heavy atom. The Morgan fingerprint density at radius 3 is 1.65 bits per heavy atom. The number of methoxy groups -OCH3 is 1. The zero-order valence-corrected chi connectivity index (χ0v) is 12.6. The predicted octanol–water partition coefficient (Wildman–Crippen LogP) is 4.42. The second kappa shape index (κ2) is 6.00. The highest BCUT2D eigenvalue weighted by Crippen LogP contribution is 2.33. The van der Waals surface area contributed by atoms with E-state index in [4.69, 9.17) is 9.47 Å². The monoisotopic (exact) mass is 270 g/mol. The van der Waals surface area contributed by atoms with Gasteiger partial charge in [-0.2, -0.15) is 0 Å². The molecule has 0 spiro atoms. The van der Waals surface area contributed by atoms with E-state index in [0.29, 0.717) is 6.61 Å². The van der Waals surface area contributed by atoms with Crippen molar-refractivity contribution in [1.29, 1.82) is 0 Å². The van der Waals surface area contributed by atoms with Crippen LogP contribution in [0, 0.1) is 0 Å². The van der Waals surface area contributed by atoms with Crippen LogP contribution in [0.2, 0.25) is 0 Å². The average Bonchev–Trinajstić information content (AvgIpc) is 2.48. The highest BCUT2D eigenvalue weighted by Gasteiger charge is 2.22. The first kappa shape index (κ1) is 14.4. The standard InChI is InChI=1S/C18H22O2/c1-5-20-17-12-8-15(9-13-17)18(2,3)14-6-10-16(19-4)11-7-14/h6-13H,5H2,1-4H3. The van der Waals surface area contributed by atoms with Crippen LogP contribution in [0.3, 0.4) is 0 Å². The molecule has 20 heavy (non-hydrogen) atoms. The van der Waals surface area contributed by atoms with Crippen molar-refractivity contribution in [1.82, 2.24) is 0 Å². The third-order valence-corrected chi connectivity index (χ3v) is 3.70. The second-order valence-corrected chi connectivity index (χ2v) is 5.31. The van der Waals surface area contributed by atoms with Crippen LogP contribution in [-0.2, 0) is 5.41 Å². The molecule has 106 valence electrons. The topological polar surface area (TPSA) is 18.5 Å². The van der Waals surface area contributed by atoms with Gasteiger partial charge in [0.2, 0.25) is 0 Å². The Morgan fingerprint density at radius 1 is 0.800 bits per heavy atom. The van der Waals surface area contributed by atoms with Gasteiger partial charge in [-0.15, -0.1) is 0 Å². The van der Waals surface area contributed by atoms with Crippen LogP contribution in [0.15, 0.2) is 48.5 Å². The largest absolute Gasteiger partial charge is 0.497 e. The molecule has 2 rings (SSSR count). The maximum atomic E-state index is 5.49. The summed E-state index contributed by atoms with van der Waals surface area (Å²) in [6.07, 6.45) is 0. The molecule has 0 unspecified atom stereocenters. The van der Waals surface area contributed by atoms with Crippen LogP contribution >= 0.6 is 0 Å². The van der Waals surface area contributed by atoms with Crippen molar-refractivity contribution in [2.24, 2.45) is 0 Å². The first-order chi connectivity index (χ1) is 9.57. The molecule has 0 bridgehead atoms. The Kier molecular flexibility index (Phi) is 4.33. The van der Waals surface area contributed by atoms with E-state index < -0.39 is 0 Å². The molecule has 0 aromatic heterocycles. The summed E-state index contributed by atoms with van der Waals surface area (Å²) in [6, 6.07) is 16.6. The Bertz CT molecular complexity index is 539. The number of hydrogen-bond donors (Lipinski definition) is 0. The van der Waals surface area contributed by atoms with Gasteiger partial charge in [0.1, 0.15) is 11.5 Å². The van der Waals surface area contributed by atoms with Gasteiger partial charge in [-0.25, -0.2) is 0 Å². The smallest absolute Gasteiger partial charge is 0.119 e. The molecule has 0 saturated heterocycles. The fraction of sp³-hybridized carbons (Fsp3) is 0.333. The summed E-state index contributed by atoms with van der Waals surface area (Å²) in [6.45, 7) is 7.14. The fourth-order valence-corrected chi connectivity index (χ4v) is 2.31. The van der Waals surface area contributed by atoms with Gasteiger partial charge in [-0.1, -0.05) is 38.1 Å². The number of rotatable bonds is 5. The lowest BCUT2D eigenvalue weighted by Gasteiger charge is -2.26. The average molecular weight is 270 g/mol. The van der Waals surface area contributed by atoms with Crippen LogP contribution in [0.25, 0.3) is 0 Å². The lowest BCUT2D eigenvalue weighted by molar-refractivity contribution is 0.340. The molecule has 2 aromatic carbocycles. The van der Waals surface area contributed by atoms with Crippen LogP contribution in [0.4, 0.5) is 0 Å². The molecule has 0 amide bonds. The lowest BCUT2D eigenvalue weighted by atomic mass is 9.78. The first-order valence-electron chi connectivity index (χ1n) is 6.96. The van der Waals surface area contributed by atoms with Crippen molar-refractivity contribution in [3.63, 3.8) is 0 Å². The highest BCUT2D eigenvalue weighted by molar-refractivity contribution is 5.41. The molecule has 0 fully saturated rings. The molecule has 2 heteroatoms. The van der Waals surface area contributed by atoms with E-state index in [9.17, 15) is 0 Å². The first-order valence-corrected chi connectivity index (χ1v) is 6.96. The van der Waals surface area contributed by atoms with E-state index in [1.807, 2.05) is 31.2 Å². The Labute approximate surface area is 121 Å². The van der Waals surface area contributed by atoms with Gasteiger partial charge in [0.15, 0.2) is 0 Å². The van der Waals surface area contributed by atoms with Gasteiger partial charge < -0.3 is 9.47 Å². The third kappa shape index (κ3) is 2.96. The summed E-state index contributed by atoms with van der Waals surface area (Å²) in [5.41, 5.74) is 2.49. The van der Waals surface area contributed by atoms with Gasteiger partial charge in [0.05, 0.1) is 13.7 Å². The zero-order valence-electron chi connectivity index (χ0n) is 12.6. The van der Waals surface area contributed by atoms with Gasteiger partial charge in [-0.05, 0) is 42.3 Å². The normalized spacial score (nSPS) is 11.2. The number of benzene rings is 2. The van der Waals surface area contributed by atoms with Crippen molar-refractivity contribution in [2.45, 2.75) is 26.2 Å². The minimum atomic E-state index is -0.0446. The Balaban J connectivity index is 2.27. The highest BCUT2D eigenvalue weighted by atomic mass is 16.5. The Hall–Kier alpha value is -1.96. The number of ether oxygens (including phenoxy) is 2. The molecular formula is C18H22O2. The summed E-state index contributed by atoms with van der Waals surface area (Å²) < 4.78 is 10.7. The van der Waals surface area contributed by atoms with E-state index >= 15 is 0 Å². The quantitative estimate of drug-likeness (QED) is 0.800. The van der Waals surface area contributed by atoms with Crippen molar-refractivity contribution in [3.05, 3.63) is 59.7 Å². The molecule has 0 aliphatic rings. The van der Waals surface area contributed by atoms with Crippen molar-refractivity contribution < 1.29 is 9.47 Å². The van der Waals surface area contributed by atoms with Gasteiger partial charge in [0.25, 0.3) is 0 Å². The van der Waals surface area contributed by atoms with Crippen LogP contribution in [0.5, 0.6) is 11.5 Å². The molecule has 0 radical (unpaired) electrons. The van der Waals surface area contributed by atoms with Crippen LogP contribution in [-0.4, -0.2) is 13.7 Å².